The van der Waals surface area contributed by atoms with Gasteiger partial charge in [0.1, 0.15) is 36.0 Å². The number of esters is 1. The fourth-order valence-corrected chi connectivity index (χ4v) is 11.3. The highest BCUT2D eigenvalue weighted by atomic mass is 16.7. The second kappa shape index (κ2) is 25.4. The molecule has 17 atom stereocenters. The van der Waals surface area contributed by atoms with Gasteiger partial charge in [-0.15, -0.1) is 5.10 Å². The van der Waals surface area contributed by atoms with Crippen molar-refractivity contribution in [3.8, 4) is 16.9 Å². The molecule has 0 spiro atoms. The summed E-state index contributed by atoms with van der Waals surface area (Å²) in [5, 5.41) is 56.3. The van der Waals surface area contributed by atoms with Gasteiger partial charge in [-0.1, -0.05) is 38.1 Å². The minimum Gasteiger partial charge on any atom is -0.494 e. The maximum atomic E-state index is 14.5. The Hall–Kier alpha value is -3.73. The smallest absolute Gasteiger partial charge is 0.311 e. The minimum absolute atomic E-state index is 0.0639. The maximum Gasteiger partial charge on any atom is 0.311 e. The molecular weight excluding hydrogens is 939 g/mol. The number of hydrogen-bond donors (Lipinski definition) is 4. The number of aryl methyl sites for hydroxylation is 1. The zero-order valence-electron chi connectivity index (χ0n) is 45.7. The lowest BCUT2D eigenvalue weighted by Gasteiger charge is -2.48. The van der Waals surface area contributed by atoms with Crippen LogP contribution in [0, 0.1) is 17.8 Å². The van der Waals surface area contributed by atoms with Crippen LogP contribution in [0.15, 0.2) is 49.2 Å². The number of cyclic esters (lactones) is 1. The molecule has 0 aliphatic carbocycles. The van der Waals surface area contributed by atoms with Crippen molar-refractivity contribution in [2.75, 3.05) is 40.9 Å². The predicted octanol–water partition coefficient (Wildman–Crippen LogP) is 5.06. The molecule has 73 heavy (non-hydrogen) atoms. The minimum atomic E-state index is -1.80. The summed E-state index contributed by atoms with van der Waals surface area (Å²) >= 11 is 0. The predicted molar refractivity (Wildman–Crippen MR) is 273 cm³/mol. The van der Waals surface area contributed by atoms with Crippen molar-refractivity contribution in [1.82, 2.24) is 34.8 Å². The van der Waals surface area contributed by atoms with Crippen molar-refractivity contribution in [1.29, 1.82) is 0 Å². The number of aliphatic hydroxyl groups is 4. The molecule has 0 bridgehead atoms. The fraction of sp³-hybridized carbons (Fsp3) is 0.759. The Morgan fingerprint density at radius 2 is 1.60 bits per heavy atom. The van der Waals surface area contributed by atoms with Crippen LogP contribution in [0.4, 0.5) is 0 Å². The van der Waals surface area contributed by atoms with Crippen LogP contribution in [-0.4, -0.2) is 186 Å². The second-order valence-electron chi connectivity index (χ2n) is 22.2. The number of benzene rings is 1. The van der Waals surface area contributed by atoms with Gasteiger partial charge in [-0.25, -0.2) is 9.97 Å². The molecule has 3 aliphatic rings. The molecule has 6 rings (SSSR count). The molecule has 19 heteroatoms. The van der Waals surface area contributed by atoms with Crippen molar-refractivity contribution in [2.24, 2.45) is 17.8 Å². The first kappa shape index (κ1) is 58.5. The second-order valence-corrected chi connectivity index (χ2v) is 22.2. The van der Waals surface area contributed by atoms with Crippen LogP contribution in [0.25, 0.3) is 11.1 Å². The highest BCUT2D eigenvalue weighted by molar-refractivity contribution is 5.73. The van der Waals surface area contributed by atoms with Gasteiger partial charge in [0.15, 0.2) is 12.6 Å². The SMILES string of the molecule is CC[C@H]1OC(=O)[C@H](C)[C@@H](O[C@H]2C[C@@](C)(OC)[C@@H](O)[C@H](C)O2)[C@H](C)[C@@H](O[C@H]2C[C@@H](N(C)CCc3cn(CCCOc4ccc(-c5cncnc5)cc4)nn3)C[C@@H](C)O2)[C@](C)(O)C[C@@H](C)CN(C)[C@H](C)[C@@H](O)[C@]1(C)O. The Morgan fingerprint density at radius 3 is 2.27 bits per heavy atom. The Labute approximate surface area is 433 Å². The molecule has 1 aromatic carbocycles. The lowest BCUT2D eigenvalue weighted by Crippen LogP contribution is -2.59. The quantitative estimate of drug-likeness (QED) is 0.109. The van der Waals surface area contributed by atoms with Crippen LogP contribution >= 0.6 is 0 Å². The van der Waals surface area contributed by atoms with E-state index in [1.165, 1.54) is 20.4 Å². The van der Waals surface area contributed by atoms with Crippen LogP contribution < -0.4 is 4.74 Å². The van der Waals surface area contributed by atoms with Crippen molar-refractivity contribution in [2.45, 2.75) is 205 Å². The van der Waals surface area contributed by atoms with E-state index < -0.39 is 89.9 Å². The van der Waals surface area contributed by atoms with E-state index in [9.17, 15) is 25.2 Å². The molecule has 3 saturated heterocycles. The maximum absolute atomic E-state index is 14.5. The summed E-state index contributed by atoms with van der Waals surface area (Å²) in [5.41, 5.74) is -1.48. The number of rotatable bonds is 16. The number of hydrogen-bond acceptors (Lipinski definition) is 18. The fourth-order valence-electron chi connectivity index (χ4n) is 11.3. The topological polar surface area (TPSA) is 226 Å². The summed E-state index contributed by atoms with van der Waals surface area (Å²) in [5.74, 6) is -1.67. The van der Waals surface area contributed by atoms with E-state index in [1.54, 1.807) is 47.0 Å². The Bertz CT molecular complexity index is 2150. The summed E-state index contributed by atoms with van der Waals surface area (Å²) < 4.78 is 46.6. The molecule has 410 valence electrons. The lowest BCUT2D eigenvalue weighted by atomic mass is 9.77. The van der Waals surface area contributed by atoms with E-state index in [1.807, 2.05) is 74.8 Å². The third-order valence-electron chi connectivity index (χ3n) is 15.9. The third kappa shape index (κ3) is 14.8. The van der Waals surface area contributed by atoms with Gasteiger partial charge in [0.25, 0.3) is 0 Å². The van der Waals surface area contributed by atoms with Crippen LogP contribution in [0.2, 0.25) is 0 Å². The number of methoxy groups -OCH3 is 1. The summed E-state index contributed by atoms with van der Waals surface area (Å²) in [4.78, 5) is 26.9. The summed E-state index contributed by atoms with van der Waals surface area (Å²) in [6.45, 7) is 20.5. The van der Waals surface area contributed by atoms with Crippen molar-refractivity contribution >= 4 is 5.97 Å². The first-order valence-corrected chi connectivity index (χ1v) is 26.4. The molecule has 0 radical (unpaired) electrons. The van der Waals surface area contributed by atoms with Crippen LogP contribution in [0.5, 0.6) is 5.75 Å². The molecule has 3 aromatic rings. The van der Waals surface area contributed by atoms with E-state index in [0.29, 0.717) is 39.1 Å². The summed E-state index contributed by atoms with van der Waals surface area (Å²) in [6.07, 6.45) is 2.70. The first-order chi connectivity index (χ1) is 34.5. The van der Waals surface area contributed by atoms with E-state index in [2.05, 4.69) is 32.2 Å². The molecule has 3 aliphatic heterocycles. The molecule has 5 heterocycles. The monoisotopic (exact) mass is 1030 g/mol. The number of likely N-dealkylation sites (N-methyl/N-ethyl adjacent to an activating group) is 2. The normalized spacial score (nSPS) is 37.6. The standard InChI is InChI=1S/C54H87N7O12/c1-14-44-54(10,66)48(62)37(6)60(12)30-33(2)26-52(8,65)50(35(4)47(36(5)51(64)71-44)72-46-27-53(9,67-13)49(63)38(7)70-46)73-45-25-42(24-34(3)69-45)59(11)22-20-41-31-61(58-57-41)21-15-23-68-43-18-16-39(17-19-43)40-28-55-32-56-29-40/h16-19,28-29,31-38,42,44-50,62-63,65-66H,14-15,20-27,30H2,1-13H3/t33-,34-,35+,36-,37-,38+,42+,44-,45+,46+,47+,48-,49+,50-,52-,53-,54-/m1/s1. The van der Waals surface area contributed by atoms with Crippen molar-refractivity contribution in [3.63, 3.8) is 0 Å². The average molecular weight is 1030 g/mol. The number of nitrogens with zero attached hydrogens (tertiary/aromatic N) is 7. The van der Waals surface area contributed by atoms with E-state index in [4.69, 9.17) is 33.2 Å². The van der Waals surface area contributed by atoms with Gasteiger partial charge < -0.3 is 63.4 Å². The van der Waals surface area contributed by atoms with Gasteiger partial charge in [-0.2, -0.15) is 0 Å². The summed E-state index contributed by atoms with van der Waals surface area (Å²) in [7, 11) is 5.49. The van der Waals surface area contributed by atoms with E-state index in [0.717, 1.165) is 35.4 Å². The van der Waals surface area contributed by atoms with Gasteiger partial charge in [-0.05, 0) is 105 Å². The zero-order chi connectivity index (χ0) is 53.4. The van der Waals surface area contributed by atoms with Crippen LogP contribution in [-0.2, 0) is 46.2 Å². The Kier molecular flexibility index (Phi) is 20.4. The van der Waals surface area contributed by atoms with Crippen molar-refractivity contribution < 1.29 is 58.4 Å². The van der Waals surface area contributed by atoms with Crippen LogP contribution in [0.1, 0.15) is 113 Å². The highest BCUT2D eigenvalue weighted by Crippen LogP contribution is 2.40. The highest BCUT2D eigenvalue weighted by Gasteiger charge is 2.52. The first-order valence-electron chi connectivity index (χ1n) is 26.4. The molecule has 19 nitrogen and oxygen atoms in total. The Morgan fingerprint density at radius 1 is 0.904 bits per heavy atom. The number of aliphatic hydroxyl groups excluding tert-OH is 2. The van der Waals surface area contributed by atoms with Crippen LogP contribution in [0.3, 0.4) is 0 Å². The van der Waals surface area contributed by atoms with Gasteiger partial charge in [0.2, 0.25) is 0 Å². The summed E-state index contributed by atoms with van der Waals surface area (Å²) in [6, 6.07) is 7.41. The molecular formula is C54H87N7O12. The molecule has 4 N–H and O–H groups in total. The number of carbonyl (C=O) groups excluding carboxylic acids is 1. The number of carbonyl (C=O) groups is 1. The largest absolute Gasteiger partial charge is 0.494 e. The van der Waals surface area contributed by atoms with Crippen molar-refractivity contribution in [3.05, 3.63) is 54.9 Å². The molecule has 0 unspecified atom stereocenters. The third-order valence-corrected chi connectivity index (χ3v) is 15.9. The van der Waals surface area contributed by atoms with Gasteiger partial charge in [0.05, 0.1) is 53.8 Å². The zero-order valence-corrected chi connectivity index (χ0v) is 45.7. The van der Waals surface area contributed by atoms with Gasteiger partial charge in [0, 0.05) is 94.6 Å². The lowest BCUT2D eigenvalue weighted by molar-refractivity contribution is -0.308. The Balaban J connectivity index is 1.16. The van der Waals surface area contributed by atoms with E-state index in [-0.39, 0.29) is 37.3 Å². The van der Waals surface area contributed by atoms with Gasteiger partial charge >= 0.3 is 5.97 Å². The van der Waals surface area contributed by atoms with E-state index >= 15 is 0 Å². The number of aromatic nitrogens is 5. The van der Waals surface area contributed by atoms with Gasteiger partial charge in [-0.3, -0.25) is 9.48 Å². The number of ether oxygens (including phenoxy) is 7. The molecule has 2 aromatic heterocycles. The molecule has 0 saturated carbocycles. The molecule has 0 amide bonds. The average Bonchev–Trinajstić information content (AvgIpc) is 3.82. The molecule has 3 fully saturated rings.